The van der Waals surface area contributed by atoms with E-state index in [1.807, 2.05) is 37.4 Å². The Bertz CT molecular complexity index is 587. The van der Waals surface area contributed by atoms with Crippen molar-refractivity contribution in [1.82, 2.24) is 0 Å². The van der Waals surface area contributed by atoms with Crippen LogP contribution >= 0.6 is 0 Å². The van der Waals surface area contributed by atoms with Crippen LogP contribution < -0.4 is 0 Å². The summed E-state index contributed by atoms with van der Waals surface area (Å²) in [5.41, 5.74) is -0.0148. The van der Waals surface area contributed by atoms with Crippen molar-refractivity contribution in [3.63, 3.8) is 0 Å². The summed E-state index contributed by atoms with van der Waals surface area (Å²) in [4.78, 5) is 11.0. The Balaban J connectivity index is 1.67. The summed E-state index contributed by atoms with van der Waals surface area (Å²) in [5, 5.41) is 20.6. The molecule has 2 N–H and O–H groups in total. The van der Waals surface area contributed by atoms with Gasteiger partial charge < -0.3 is 19.4 Å². The van der Waals surface area contributed by atoms with E-state index >= 15 is 0 Å². The molecule has 1 aromatic rings. The third-order valence-corrected chi connectivity index (χ3v) is 6.00. The lowest BCUT2D eigenvalue weighted by Gasteiger charge is -2.35. The van der Waals surface area contributed by atoms with Gasteiger partial charge in [-0.25, -0.2) is 4.79 Å². The van der Waals surface area contributed by atoms with Crippen LogP contribution in [0.4, 0.5) is 0 Å². The van der Waals surface area contributed by atoms with Crippen molar-refractivity contribution in [3.8, 4) is 0 Å². The van der Waals surface area contributed by atoms with Gasteiger partial charge in [-0.1, -0.05) is 43.2 Å². The number of likely N-dealkylation sites (N-methyl/N-ethyl adjacent to an activating group) is 1. The summed E-state index contributed by atoms with van der Waals surface area (Å²) in [7, 11) is 1.97. The molecule has 1 saturated carbocycles. The summed E-state index contributed by atoms with van der Waals surface area (Å²) < 4.78 is 6.66. The summed E-state index contributed by atoms with van der Waals surface area (Å²) in [6, 6.07) is 9.87. The molecule has 1 aliphatic carbocycles. The summed E-state index contributed by atoms with van der Waals surface area (Å²) in [6.07, 6.45) is 5.26. The first-order valence-corrected chi connectivity index (χ1v) is 9.36. The highest BCUT2D eigenvalue weighted by Gasteiger charge is 2.43. The van der Waals surface area contributed by atoms with Crippen LogP contribution in [0.25, 0.3) is 0 Å². The number of aliphatic carboxylic acids is 1. The molecule has 0 radical (unpaired) electrons. The highest BCUT2D eigenvalue weighted by Crippen LogP contribution is 2.41. The summed E-state index contributed by atoms with van der Waals surface area (Å²) in [6.45, 7) is 1.93. The quantitative estimate of drug-likeness (QED) is 0.743. The molecule has 3 rings (SSSR count). The van der Waals surface area contributed by atoms with Crippen molar-refractivity contribution in [1.29, 1.82) is 0 Å². The normalized spacial score (nSPS) is 29.6. The van der Waals surface area contributed by atoms with E-state index in [1.54, 1.807) is 0 Å². The monoisotopic (exact) mass is 348 g/mol. The second-order valence-electron chi connectivity index (χ2n) is 8.07. The number of carboxylic acid groups (broad SMARTS) is 1. The molecule has 0 amide bonds. The fourth-order valence-electron chi connectivity index (χ4n) is 4.55. The van der Waals surface area contributed by atoms with Crippen molar-refractivity contribution < 1.29 is 24.2 Å². The lowest BCUT2D eigenvalue weighted by molar-refractivity contribution is -0.891. The molecule has 25 heavy (non-hydrogen) atoms. The highest BCUT2D eigenvalue weighted by atomic mass is 16.5. The summed E-state index contributed by atoms with van der Waals surface area (Å²) >= 11 is 0. The number of hydrogen-bond acceptors (Lipinski definition) is 3. The number of likely N-dealkylation sites (tertiary alicyclic amines) is 1. The van der Waals surface area contributed by atoms with Gasteiger partial charge in [0.05, 0.1) is 20.2 Å². The van der Waals surface area contributed by atoms with Gasteiger partial charge in [-0.15, -0.1) is 0 Å². The molecule has 5 heteroatoms. The van der Waals surface area contributed by atoms with Crippen LogP contribution in [-0.4, -0.2) is 60.1 Å². The lowest BCUT2D eigenvalue weighted by atomic mass is 9.80. The predicted octanol–water partition coefficient (Wildman–Crippen LogP) is 2.38. The number of aliphatic hydroxyl groups is 1. The van der Waals surface area contributed by atoms with Crippen molar-refractivity contribution >= 4 is 5.97 Å². The molecular weight excluding hydrogens is 318 g/mol. The number of carboxylic acids is 1. The van der Waals surface area contributed by atoms with E-state index in [0.717, 1.165) is 44.2 Å². The Morgan fingerprint density at radius 2 is 1.92 bits per heavy atom. The Morgan fingerprint density at radius 1 is 1.24 bits per heavy atom. The van der Waals surface area contributed by atoms with E-state index in [2.05, 4.69) is 0 Å². The van der Waals surface area contributed by atoms with Gasteiger partial charge in [0.15, 0.2) is 6.54 Å². The predicted molar refractivity (Wildman–Crippen MR) is 95.1 cm³/mol. The number of quaternary nitrogens is 1. The number of nitrogens with zero attached hydrogens (tertiary/aromatic N) is 1. The molecule has 1 aromatic carbocycles. The van der Waals surface area contributed by atoms with Crippen molar-refractivity contribution in [2.24, 2.45) is 5.92 Å². The molecule has 0 spiro atoms. The van der Waals surface area contributed by atoms with E-state index in [-0.39, 0.29) is 18.6 Å². The number of ether oxygens (including phenoxy) is 1. The molecular formula is C20H30NO4+. The van der Waals surface area contributed by atoms with Gasteiger partial charge in [0.2, 0.25) is 0 Å². The molecule has 1 aliphatic heterocycles. The molecule has 0 aromatic heterocycles. The average molecular weight is 348 g/mol. The minimum absolute atomic E-state index is 0.0148. The Hall–Kier alpha value is -1.43. The second-order valence-corrected chi connectivity index (χ2v) is 8.07. The first-order chi connectivity index (χ1) is 11.9. The number of rotatable bonds is 7. The average Bonchev–Trinajstić information content (AvgIpc) is 3.23. The third kappa shape index (κ3) is 4.22. The van der Waals surface area contributed by atoms with E-state index < -0.39 is 11.6 Å². The lowest BCUT2D eigenvalue weighted by Crippen LogP contribution is -2.47. The molecule has 0 bridgehead atoms. The van der Waals surface area contributed by atoms with E-state index in [0.29, 0.717) is 17.6 Å². The maximum atomic E-state index is 11.5. The van der Waals surface area contributed by atoms with Crippen LogP contribution in [0.5, 0.6) is 0 Å². The zero-order valence-corrected chi connectivity index (χ0v) is 15.1. The topological polar surface area (TPSA) is 66.8 Å². The van der Waals surface area contributed by atoms with Gasteiger partial charge in [0, 0.05) is 6.42 Å². The van der Waals surface area contributed by atoms with Gasteiger partial charge in [-0.05, 0) is 24.3 Å². The van der Waals surface area contributed by atoms with Gasteiger partial charge in [-0.3, -0.25) is 0 Å². The van der Waals surface area contributed by atoms with Crippen LogP contribution in [0.1, 0.15) is 37.7 Å². The summed E-state index contributed by atoms with van der Waals surface area (Å²) in [5.74, 6) is -0.536. The molecule has 3 atom stereocenters. The van der Waals surface area contributed by atoms with Crippen LogP contribution in [0.3, 0.4) is 0 Å². The molecule has 2 fully saturated rings. The molecule has 1 saturated heterocycles. The fourth-order valence-corrected chi connectivity index (χ4v) is 4.55. The molecule has 138 valence electrons. The maximum absolute atomic E-state index is 11.5. The van der Waals surface area contributed by atoms with E-state index in [9.17, 15) is 9.90 Å². The van der Waals surface area contributed by atoms with Crippen molar-refractivity contribution in [2.75, 3.05) is 33.3 Å². The first-order valence-electron chi connectivity index (χ1n) is 9.36. The minimum Gasteiger partial charge on any atom is -0.477 e. The second kappa shape index (κ2) is 7.44. The van der Waals surface area contributed by atoms with Crippen LogP contribution in [0.15, 0.2) is 30.3 Å². The minimum atomic E-state index is -0.948. The molecule has 3 unspecified atom stereocenters. The van der Waals surface area contributed by atoms with Gasteiger partial charge in [0.1, 0.15) is 18.2 Å². The Kier molecular flexibility index (Phi) is 5.46. The molecule has 1 heterocycles. The Labute approximate surface area is 149 Å². The van der Waals surface area contributed by atoms with Crippen LogP contribution in [0.2, 0.25) is 0 Å². The maximum Gasteiger partial charge on any atom is 0.359 e. The molecule has 5 nitrogen and oxygen atoms in total. The van der Waals surface area contributed by atoms with Gasteiger partial charge in [0.25, 0.3) is 0 Å². The smallest absolute Gasteiger partial charge is 0.359 e. The Morgan fingerprint density at radius 3 is 2.56 bits per heavy atom. The first kappa shape index (κ1) is 18.4. The van der Waals surface area contributed by atoms with E-state index in [4.69, 9.17) is 9.84 Å². The zero-order valence-electron chi connectivity index (χ0n) is 15.1. The van der Waals surface area contributed by atoms with E-state index in [1.165, 1.54) is 0 Å². The number of hydrogen-bond donors (Lipinski definition) is 2. The number of carbonyl (C=O) groups is 1. The molecule has 2 aliphatic rings. The highest BCUT2D eigenvalue weighted by molar-refractivity contribution is 5.67. The largest absolute Gasteiger partial charge is 0.477 e. The van der Waals surface area contributed by atoms with Crippen molar-refractivity contribution in [2.45, 2.75) is 43.8 Å². The standard InChI is InChI=1S/C20H29NO4/c1-21(14-19(22)23)12-11-18(13-21)25-15-20(24,17-9-5-6-10-17)16-7-3-2-4-8-16/h2-4,7-8,17-18,24H,5-6,9-15H2,1H3/p+1. The van der Waals surface area contributed by atoms with Crippen LogP contribution in [-0.2, 0) is 15.1 Å². The number of benzene rings is 1. The van der Waals surface area contributed by atoms with Crippen LogP contribution in [0, 0.1) is 5.92 Å². The third-order valence-electron chi connectivity index (χ3n) is 6.00. The van der Waals surface area contributed by atoms with Crippen molar-refractivity contribution in [3.05, 3.63) is 35.9 Å². The van der Waals surface area contributed by atoms with Gasteiger partial charge in [-0.2, -0.15) is 0 Å². The zero-order chi connectivity index (χ0) is 17.9. The fraction of sp³-hybridized carbons (Fsp3) is 0.650. The van der Waals surface area contributed by atoms with Gasteiger partial charge >= 0.3 is 5.97 Å². The SMILES string of the molecule is C[N+]1(CC(=O)O)CCC(OCC(O)(c2ccccc2)C2CCCC2)C1.